The van der Waals surface area contributed by atoms with Gasteiger partial charge < -0.3 is 9.73 Å². The summed E-state index contributed by atoms with van der Waals surface area (Å²) in [5.74, 6) is 1.64. The van der Waals surface area contributed by atoms with Crippen molar-refractivity contribution in [1.82, 2.24) is 10.3 Å². The van der Waals surface area contributed by atoms with E-state index >= 15 is 0 Å². The van der Waals surface area contributed by atoms with Crippen molar-refractivity contribution < 1.29 is 4.42 Å². The van der Waals surface area contributed by atoms with E-state index in [-0.39, 0.29) is 0 Å². The molecule has 0 bridgehead atoms. The highest BCUT2D eigenvalue weighted by Crippen LogP contribution is 2.12. The fraction of sp³-hybridized carbons (Fsp3) is 0.308. The second kappa shape index (κ2) is 5.47. The zero-order chi connectivity index (χ0) is 12.3. The average molecular weight is 295 g/mol. The van der Waals surface area contributed by atoms with Crippen LogP contribution in [0.4, 0.5) is 0 Å². The lowest BCUT2D eigenvalue weighted by atomic mass is 10.2. The number of aromatic nitrogens is 1. The fourth-order valence-electron chi connectivity index (χ4n) is 1.58. The molecule has 0 unspecified atom stereocenters. The molecule has 4 heteroatoms. The lowest BCUT2D eigenvalue weighted by Crippen LogP contribution is -2.12. The number of hydrogen-bond acceptors (Lipinski definition) is 3. The highest BCUT2D eigenvalue weighted by molar-refractivity contribution is 9.10. The van der Waals surface area contributed by atoms with Crippen LogP contribution >= 0.6 is 15.9 Å². The van der Waals surface area contributed by atoms with Gasteiger partial charge in [-0.3, -0.25) is 0 Å². The van der Waals surface area contributed by atoms with Crippen LogP contribution in [-0.2, 0) is 13.1 Å². The fourth-order valence-corrected chi connectivity index (χ4v) is 2.02. The Kier molecular flexibility index (Phi) is 3.97. The number of halogens is 1. The van der Waals surface area contributed by atoms with E-state index in [4.69, 9.17) is 4.42 Å². The standard InChI is InChI=1S/C13H15BrN2O/c1-9-10(2)17-13(16-9)8-15-7-11-4-3-5-12(14)6-11/h3-6,15H,7-8H2,1-2H3. The molecule has 17 heavy (non-hydrogen) atoms. The Morgan fingerprint density at radius 3 is 2.76 bits per heavy atom. The van der Waals surface area contributed by atoms with Gasteiger partial charge in [0.2, 0.25) is 5.89 Å². The van der Waals surface area contributed by atoms with Crippen LogP contribution in [0, 0.1) is 13.8 Å². The van der Waals surface area contributed by atoms with E-state index in [1.165, 1.54) is 5.56 Å². The molecule has 1 aromatic carbocycles. The molecule has 0 saturated carbocycles. The first-order valence-electron chi connectivity index (χ1n) is 5.53. The maximum atomic E-state index is 5.49. The molecule has 1 N–H and O–H groups in total. The first kappa shape index (κ1) is 12.3. The van der Waals surface area contributed by atoms with Crippen LogP contribution in [0.2, 0.25) is 0 Å². The van der Waals surface area contributed by atoms with Crippen LogP contribution in [0.5, 0.6) is 0 Å². The molecule has 1 heterocycles. The van der Waals surface area contributed by atoms with E-state index in [9.17, 15) is 0 Å². The first-order valence-corrected chi connectivity index (χ1v) is 6.32. The zero-order valence-corrected chi connectivity index (χ0v) is 11.5. The largest absolute Gasteiger partial charge is 0.444 e. The summed E-state index contributed by atoms with van der Waals surface area (Å²) in [6.45, 7) is 5.35. The van der Waals surface area contributed by atoms with Gasteiger partial charge in [-0.25, -0.2) is 4.98 Å². The van der Waals surface area contributed by atoms with Crippen molar-refractivity contribution in [3.63, 3.8) is 0 Å². The highest BCUT2D eigenvalue weighted by atomic mass is 79.9. The van der Waals surface area contributed by atoms with Gasteiger partial charge in [0, 0.05) is 11.0 Å². The molecule has 0 atom stereocenters. The molecular formula is C13H15BrN2O. The van der Waals surface area contributed by atoms with E-state index in [0.29, 0.717) is 6.54 Å². The number of nitrogens with zero attached hydrogens (tertiary/aromatic N) is 1. The predicted molar refractivity (Wildman–Crippen MR) is 70.7 cm³/mol. The maximum absolute atomic E-state index is 5.49. The summed E-state index contributed by atoms with van der Waals surface area (Å²) < 4.78 is 6.59. The molecule has 1 aromatic heterocycles. The molecular weight excluding hydrogens is 280 g/mol. The van der Waals surface area contributed by atoms with Gasteiger partial charge in [-0.15, -0.1) is 0 Å². The van der Waals surface area contributed by atoms with Crippen LogP contribution in [0.15, 0.2) is 33.2 Å². The smallest absolute Gasteiger partial charge is 0.208 e. The van der Waals surface area contributed by atoms with E-state index in [2.05, 4.69) is 38.4 Å². The van der Waals surface area contributed by atoms with Crippen molar-refractivity contribution in [2.75, 3.05) is 0 Å². The van der Waals surface area contributed by atoms with Crippen molar-refractivity contribution in [2.24, 2.45) is 0 Å². The van der Waals surface area contributed by atoms with E-state index < -0.39 is 0 Å². The molecule has 0 aliphatic carbocycles. The third-order valence-corrected chi connectivity index (χ3v) is 3.06. The average Bonchev–Trinajstić information content (AvgIpc) is 2.58. The minimum absolute atomic E-state index is 0.654. The van der Waals surface area contributed by atoms with Crippen molar-refractivity contribution >= 4 is 15.9 Å². The van der Waals surface area contributed by atoms with Gasteiger partial charge in [-0.2, -0.15) is 0 Å². The molecule has 2 rings (SSSR count). The normalized spacial score (nSPS) is 10.8. The molecule has 0 aliphatic heterocycles. The summed E-state index contributed by atoms with van der Waals surface area (Å²) in [5.41, 5.74) is 2.20. The monoisotopic (exact) mass is 294 g/mol. The van der Waals surface area contributed by atoms with Crippen molar-refractivity contribution in [1.29, 1.82) is 0 Å². The van der Waals surface area contributed by atoms with Crippen LogP contribution in [-0.4, -0.2) is 4.98 Å². The second-order valence-electron chi connectivity index (χ2n) is 3.98. The number of nitrogens with one attached hydrogen (secondary N) is 1. The Morgan fingerprint density at radius 2 is 2.12 bits per heavy atom. The lowest BCUT2D eigenvalue weighted by molar-refractivity contribution is 0.448. The van der Waals surface area contributed by atoms with Gasteiger partial charge in [0.05, 0.1) is 12.2 Å². The topological polar surface area (TPSA) is 38.1 Å². The Balaban J connectivity index is 1.87. The summed E-state index contributed by atoms with van der Waals surface area (Å²) in [6.07, 6.45) is 0. The number of oxazole rings is 1. The minimum atomic E-state index is 0.654. The first-order chi connectivity index (χ1) is 8.15. The van der Waals surface area contributed by atoms with Crippen LogP contribution < -0.4 is 5.32 Å². The zero-order valence-electron chi connectivity index (χ0n) is 9.96. The molecule has 90 valence electrons. The minimum Gasteiger partial charge on any atom is -0.444 e. The van der Waals surface area contributed by atoms with Gasteiger partial charge in [-0.05, 0) is 31.5 Å². The van der Waals surface area contributed by atoms with Crippen molar-refractivity contribution in [3.8, 4) is 0 Å². The molecule has 0 saturated heterocycles. The van der Waals surface area contributed by atoms with Crippen molar-refractivity contribution in [2.45, 2.75) is 26.9 Å². The number of benzene rings is 1. The van der Waals surface area contributed by atoms with Crippen LogP contribution in [0.3, 0.4) is 0 Å². The number of aryl methyl sites for hydroxylation is 2. The summed E-state index contributed by atoms with van der Waals surface area (Å²) in [7, 11) is 0. The molecule has 3 nitrogen and oxygen atoms in total. The van der Waals surface area contributed by atoms with Gasteiger partial charge in [0.15, 0.2) is 0 Å². The maximum Gasteiger partial charge on any atom is 0.208 e. The van der Waals surface area contributed by atoms with Gasteiger partial charge in [0.25, 0.3) is 0 Å². The van der Waals surface area contributed by atoms with Gasteiger partial charge in [0.1, 0.15) is 5.76 Å². The number of rotatable bonds is 4. The van der Waals surface area contributed by atoms with Crippen LogP contribution in [0.1, 0.15) is 22.9 Å². The second-order valence-corrected chi connectivity index (χ2v) is 4.90. The predicted octanol–water partition coefficient (Wildman–Crippen LogP) is 3.34. The summed E-state index contributed by atoms with van der Waals surface area (Å²) in [5, 5.41) is 3.31. The Morgan fingerprint density at radius 1 is 1.29 bits per heavy atom. The quantitative estimate of drug-likeness (QED) is 0.940. The molecule has 0 amide bonds. The summed E-state index contributed by atoms with van der Waals surface area (Å²) in [4.78, 5) is 4.32. The summed E-state index contributed by atoms with van der Waals surface area (Å²) >= 11 is 3.45. The van der Waals surface area contributed by atoms with Gasteiger partial charge >= 0.3 is 0 Å². The third-order valence-electron chi connectivity index (χ3n) is 2.57. The Labute approximate surface area is 109 Å². The number of hydrogen-bond donors (Lipinski definition) is 1. The van der Waals surface area contributed by atoms with E-state index in [0.717, 1.165) is 28.4 Å². The van der Waals surface area contributed by atoms with Crippen molar-refractivity contribution in [3.05, 3.63) is 51.6 Å². The third kappa shape index (κ3) is 3.41. The molecule has 0 fully saturated rings. The summed E-state index contributed by atoms with van der Waals surface area (Å²) in [6, 6.07) is 8.23. The lowest BCUT2D eigenvalue weighted by Gasteiger charge is -2.02. The van der Waals surface area contributed by atoms with E-state index in [1.807, 2.05) is 26.0 Å². The Bertz CT molecular complexity index is 488. The molecule has 0 aliphatic rings. The SMILES string of the molecule is Cc1nc(CNCc2cccc(Br)c2)oc1C. The highest BCUT2D eigenvalue weighted by Gasteiger charge is 2.04. The Hall–Kier alpha value is -1.13. The van der Waals surface area contributed by atoms with Gasteiger partial charge in [-0.1, -0.05) is 28.1 Å². The van der Waals surface area contributed by atoms with Crippen LogP contribution in [0.25, 0.3) is 0 Å². The molecule has 0 spiro atoms. The molecule has 2 aromatic rings. The molecule has 0 radical (unpaired) electrons. The van der Waals surface area contributed by atoms with E-state index in [1.54, 1.807) is 0 Å².